The molecule has 2 aliphatic rings. The summed E-state index contributed by atoms with van der Waals surface area (Å²) in [6.45, 7) is 3.07. The quantitative estimate of drug-likeness (QED) is 0.629. The van der Waals surface area contributed by atoms with Crippen molar-refractivity contribution < 1.29 is 19.2 Å². The van der Waals surface area contributed by atoms with Gasteiger partial charge in [0.1, 0.15) is 18.8 Å². The number of hydrogen-bond donors (Lipinski definition) is 1. The lowest BCUT2D eigenvalue weighted by atomic mass is 10.1. The number of carbonyl (C=O) groups is 1. The molecule has 2 aliphatic heterocycles. The molecular weight excluding hydrogens is 362 g/mol. The molecule has 1 atom stereocenters. The lowest BCUT2D eigenvalue weighted by Crippen LogP contribution is -2.37. The van der Waals surface area contributed by atoms with Crippen LogP contribution in [-0.4, -0.2) is 48.1 Å². The van der Waals surface area contributed by atoms with Crippen molar-refractivity contribution in [3.63, 3.8) is 0 Å². The Labute approximate surface area is 162 Å². The normalized spacial score (nSPS) is 18.6. The fourth-order valence-electron chi connectivity index (χ4n) is 3.61. The Bertz CT molecular complexity index is 887. The van der Waals surface area contributed by atoms with Gasteiger partial charge in [0.2, 0.25) is 0 Å². The molecule has 0 radical (unpaired) electrons. The molecule has 2 heterocycles. The topological polar surface area (TPSA) is 93.9 Å². The molecule has 0 spiro atoms. The molecule has 146 valence electrons. The molecule has 28 heavy (non-hydrogen) atoms. The Morgan fingerprint density at radius 3 is 2.61 bits per heavy atom. The van der Waals surface area contributed by atoms with E-state index in [9.17, 15) is 14.9 Å². The van der Waals surface area contributed by atoms with Gasteiger partial charge in [0.15, 0.2) is 11.5 Å². The Balaban J connectivity index is 1.44. The number of fused-ring (bicyclic) bond motifs is 1. The zero-order valence-electron chi connectivity index (χ0n) is 15.3. The average Bonchev–Trinajstić information content (AvgIpc) is 3.14. The van der Waals surface area contributed by atoms with Crippen LogP contribution in [0.5, 0.6) is 11.5 Å². The van der Waals surface area contributed by atoms with Crippen LogP contribution in [-0.2, 0) is 6.54 Å². The second kappa shape index (κ2) is 7.85. The molecule has 1 amide bonds. The number of hydrogen-bond acceptors (Lipinski definition) is 6. The molecule has 8 heteroatoms. The largest absolute Gasteiger partial charge is 0.486 e. The standard InChI is InChI=1S/C20H21N3O5/c24-20(16-10-18-19(28-9-8-27-18)11-17(16)23(25)26)21-15-6-7-22(13-15)12-14-4-2-1-3-5-14/h1-5,10-11,15H,6-9,12-13H2,(H,21,24)/t15-/m0/s1. The van der Waals surface area contributed by atoms with Crippen molar-refractivity contribution in [3.8, 4) is 11.5 Å². The number of ether oxygens (including phenoxy) is 2. The molecule has 1 N–H and O–H groups in total. The van der Waals surface area contributed by atoms with E-state index in [0.717, 1.165) is 19.5 Å². The molecule has 1 fully saturated rings. The van der Waals surface area contributed by atoms with Crippen LogP contribution in [0.3, 0.4) is 0 Å². The number of nitrogens with one attached hydrogen (secondary N) is 1. The molecule has 0 unspecified atom stereocenters. The van der Waals surface area contributed by atoms with Crippen LogP contribution in [0.15, 0.2) is 42.5 Å². The summed E-state index contributed by atoms with van der Waals surface area (Å²) in [6, 6.07) is 12.8. The predicted molar refractivity (Wildman–Crippen MR) is 102 cm³/mol. The monoisotopic (exact) mass is 383 g/mol. The van der Waals surface area contributed by atoms with E-state index in [4.69, 9.17) is 9.47 Å². The van der Waals surface area contributed by atoms with Crippen molar-refractivity contribution >= 4 is 11.6 Å². The molecule has 8 nitrogen and oxygen atoms in total. The summed E-state index contributed by atoms with van der Waals surface area (Å²) in [4.78, 5) is 25.9. The molecular formula is C20H21N3O5. The second-order valence-corrected chi connectivity index (χ2v) is 6.95. The molecule has 4 rings (SSSR count). The highest BCUT2D eigenvalue weighted by Crippen LogP contribution is 2.36. The summed E-state index contributed by atoms with van der Waals surface area (Å²) in [7, 11) is 0. The summed E-state index contributed by atoms with van der Waals surface area (Å²) >= 11 is 0. The molecule has 0 bridgehead atoms. The molecule has 2 aromatic carbocycles. The highest BCUT2D eigenvalue weighted by atomic mass is 16.6. The van der Waals surface area contributed by atoms with E-state index in [1.165, 1.54) is 17.7 Å². The molecule has 0 aliphatic carbocycles. The number of nitro benzene ring substituents is 1. The first-order chi connectivity index (χ1) is 13.6. The number of nitrogens with zero attached hydrogens (tertiary/aromatic N) is 2. The van der Waals surface area contributed by atoms with Crippen molar-refractivity contribution in [2.24, 2.45) is 0 Å². The van der Waals surface area contributed by atoms with Gasteiger partial charge in [-0.15, -0.1) is 0 Å². The number of benzene rings is 2. The van der Waals surface area contributed by atoms with Crippen molar-refractivity contribution in [2.45, 2.75) is 19.0 Å². The first-order valence-corrected chi connectivity index (χ1v) is 9.25. The van der Waals surface area contributed by atoms with Crippen LogP contribution in [0.1, 0.15) is 22.3 Å². The van der Waals surface area contributed by atoms with Gasteiger partial charge in [-0.05, 0) is 12.0 Å². The van der Waals surface area contributed by atoms with Crippen LogP contribution in [0.25, 0.3) is 0 Å². The third kappa shape index (κ3) is 3.91. The van der Waals surface area contributed by atoms with Crippen molar-refractivity contribution in [1.82, 2.24) is 10.2 Å². The lowest BCUT2D eigenvalue weighted by Gasteiger charge is -2.20. The Hall–Kier alpha value is -3.13. The first kappa shape index (κ1) is 18.2. The van der Waals surface area contributed by atoms with Gasteiger partial charge in [-0.1, -0.05) is 30.3 Å². The fourth-order valence-corrected chi connectivity index (χ4v) is 3.61. The minimum atomic E-state index is -0.566. The molecule has 1 saturated heterocycles. The van der Waals surface area contributed by atoms with Crippen molar-refractivity contribution in [2.75, 3.05) is 26.3 Å². The summed E-state index contributed by atoms with van der Waals surface area (Å²) in [5.41, 5.74) is 0.939. The van der Waals surface area contributed by atoms with Gasteiger partial charge in [-0.2, -0.15) is 0 Å². The Morgan fingerprint density at radius 2 is 1.89 bits per heavy atom. The van der Waals surface area contributed by atoms with Gasteiger partial charge < -0.3 is 14.8 Å². The second-order valence-electron chi connectivity index (χ2n) is 6.95. The lowest BCUT2D eigenvalue weighted by molar-refractivity contribution is -0.385. The minimum Gasteiger partial charge on any atom is -0.486 e. The zero-order valence-corrected chi connectivity index (χ0v) is 15.3. The number of carbonyl (C=O) groups excluding carboxylic acids is 1. The van der Waals surface area contributed by atoms with E-state index in [-0.39, 0.29) is 17.3 Å². The fraction of sp³-hybridized carbons (Fsp3) is 0.350. The maximum absolute atomic E-state index is 12.7. The summed E-state index contributed by atoms with van der Waals surface area (Å²) in [5, 5.41) is 14.4. The maximum Gasteiger partial charge on any atom is 0.286 e. The number of nitro groups is 1. The summed E-state index contributed by atoms with van der Waals surface area (Å²) in [6.07, 6.45) is 0.803. The smallest absolute Gasteiger partial charge is 0.286 e. The Kier molecular flexibility index (Phi) is 5.12. The SMILES string of the molecule is O=C(N[C@H]1CCN(Cc2ccccc2)C1)c1cc2c(cc1[N+](=O)[O-])OCCO2. The minimum absolute atomic E-state index is 0.00393. The van der Waals surface area contributed by atoms with Gasteiger partial charge in [-0.25, -0.2) is 0 Å². The van der Waals surface area contributed by atoms with E-state index in [2.05, 4.69) is 22.3 Å². The van der Waals surface area contributed by atoms with Crippen molar-refractivity contribution in [3.05, 3.63) is 63.7 Å². The van der Waals surface area contributed by atoms with E-state index >= 15 is 0 Å². The highest BCUT2D eigenvalue weighted by molar-refractivity contribution is 5.99. The first-order valence-electron chi connectivity index (χ1n) is 9.25. The number of rotatable bonds is 5. The molecule has 2 aromatic rings. The third-order valence-corrected chi connectivity index (χ3v) is 4.96. The van der Waals surface area contributed by atoms with E-state index in [0.29, 0.717) is 31.3 Å². The summed E-state index contributed by atoms with van der Waals surface area (Å²) < 4.78 is 10.9. The highest BCUT2D eigenvalue weighted by Gasteiger charge is 2.29. The van der Waals surface area contributed by atoms with Gasteiger partial charge in [0, 0.05) is 31.7 Å². The van der Waals surface area contributed by atoms with Crippen LogP contribution in [0.4, 0.5) is 5.69 Å². The van der Waals surface area contributed by atoms with Gasteiger partial charge in [0.05, 0.1) is 11.0 Å². The third-order valence-electron chi connectivity index (χ3n) is 4.96. The maximum atomic E-state index is 12.7. The van der Waals surface area contributed by atoms with Gasteiger partial charge in [0.25, 0.3) is 11.6 Å². The predicted octanol–water partition coefficient (Wildman–Crippen LogP) is 2.37. The molecule has 0 aromatic heterocycles. The number of likely N-dealkylation sites (tertiary alicyclic amines) is 1. The van der Waals surface area contributed by atoms with Crippen molar-refractivity contribution in [1.29, 1.82) is 0 Å². The van der Waals surface area contributed by atoms with Crippen LogP contribution >= 0.6 is 0 Å². The number of amides is 1. The van der Waals surface area contributed by atoms with E-state index in [1.54, 1.807) is 0 Å². The van der Waals surface area contributed by atoms with Crippen LogP contribution < -0.4 is 14.8 Å². The van der Waals surface area contributed by atoms with Gasteiger partial charge >= 0.3 is 0 Å². The Morgan fingerprint density at radius 1 is 1.18 bits per heavy atom. The van der Waals surface area contributed by atoms with Gasteiger partial charge in [-0.3, -0.25) is 19.8 Å². The molecule has 0 saturated carbocycles. The summed E-state index contributed by atoms with van der Waals surface area (Å²) in [5.74, 6) is 0.193. The zero-order chi connectivity index (χ0) is 19.5. The average molecular weight is 383 g/mol. The van der Waals surface area contributed by atoms with Crippen LogP contribution in [0, 0.1) is 10.1 Å². The van der Waals surface area contributed by atoms with E-state index in [1.807, 2.05) is 18.2 Å². The van der Waals surface area contributed by atoms with Crippen LogP contribution in [0.2, 0.25) is 0 Å². The van der Waals surface area contributed by atoms with E-state index < -0.39 is 10.8 Å².